The van der Waals surface area contributed by atoms with Gasteiger partial charge in [-0.15, -0.1) is 6.42 Å². The number of carbonyl (C=O) groups is 1. The molecule has 2 N–H and O–H groups in total. The van der Waals surface area contributed by atoms with Crippen LogP contribution in [0.25, 0.3) is 0 Å². The molecule has 0 aromatic heterocycles. The summed E-state index contributed by atoms with van der Waals surface area (Å²) in [4.78, 5) is 11.4. The highest BCUT2D eigenvalue weighted by molar-refractivity contribution is 5.77. The van der Waals surface area contributed by atoms with E-state index in [1.165, 1.54) is 11.1 Å². The molecule has 0 fully saturated rings. The van der Waals surface area contributed by atoms with Gasteiger partial charge in [0.05, 0.1) is 6.54 Å². The summed E-state index contributed by atoms with van der Waals surface area (Å²) >= 11 is 0. The summed E-state index contributed by atoms with van der Waals surface area (Å²) in [5, 5.41) is 6.13. The number of hydrogen-bond acceptors (Lipinski definition) is 3. The lowest BCUT2D eigenvalue weighted by Crippen LogP contribution is -2.29. The molecule has 1 atom stereocenters. The molecule has 1 unspecified atom stereocenters. The van der Waals surface area contributed by atoms with Gasteiger partial charge in [-0.05, 0) is 49.1 Å². The van der Waals surface area contributed by atoms with Gasteiger partial charge < -0.3 is 15.4 Å². The van der Waals surface area contributed by atoms with E-state index in [-0.39, 0.29) is 19.1 Å². The molecule has 0 saturated heterocycles. The Kier molecular flexibility index (Phi) is 5.65. The molecule has 0 radical (unpaired) electrons. The van der Waals surface area contributed by atoms with Crippen molar-refractivity contribution in [2.75, 3.05) is 19.7 Å². The lowest BCUT2D eigenvalue weighted by molar-refractivity contribution is -0.122. The Morgan fingerprint density at radius 3 is 3.14 bits per heavy atom. The average molecular weight is 286 g/mol. The van der Waals surface area contributed by atoms with Crippen LogP contribution >= 0.6 is 0 Å². The number of benzene rings is 1. The van der Waals surface area contributed by atoms with E-state index in [2.05, 4.69) is 29.5 Å². The van der Waals surface area contributed by atoms with Gasteiger partial charge in [0, 0.05) is 6.04 Å². The Morgan fingerprint density at radius 2 is 2.38 bits per heavy atom. The fourth-order valence-electron chi connectivity index (χ4n) is 2.56. The second-order valence-electron chi connectivity index (χ2n) is 5.18. The summed E-state index contributed by atoms with van der Waals surface area (Å²) in [6.45, 7) is 3.44. The number of ether oxygens (including phenoxy) is 1. The van der Waals surface area contributed by atoms with E-state index in [1.54, 1.807) is 0 Å². The molecule has 0 bridgehead atoms. The summed E-state index contributed by atoms with van der Waals surface area (Å²) in [6, 6.07) is 6.52. The molecule has 0 spiro atoms. The largest absolute Gasteiger partial charge is 0.484 e. The maximum absolute atomic E-state index is 11.4. The molecule has 0 aliphatic heterocycles. The van der Waals surface area contributed by atoms with Crippen LogP contribution in [-0.4, -0.2) is 25.6 Å². The summed E-state index contributed by atoms with van der Waals surface area (Å²) in [7, 11) is 0. The maximum Gasteiger partial charge on any atom is 0.258 e. The van der Waals surface area contributed by atoms with Crippen molar-refractivity contribution in [2.45, 2.75) is 32.2 Å². The minimum atomic E-state index is -0.198. The van der Waals surface area contributed by atoms with Crippen LogP contribution in [0, 0.1) is 12.3 Å². The van der Waals surface area contributed by atoms with Gasteiger partial charge in [0.1, 0.15) is 5.75 Å². The molecule has 1 amide bonds. The van der Waals surface area contributed by atoms with Crippen molar-refractivity contribution in [3.63, 3.8) is 0 Å². The topological polar surface area (TPSA) is 50.4 Å². The molecule has 0 heterocycles. The van der Waals surface area contributed by atoms with Crippen molar-refractivity contribution in [1.82, 2.24) is 10.6 Å². The molecular formula is C17H22N2O2. The molecule has 112 valence electrons. The Bertz CT molecular complexity index is 534. The lowest BCUT2D eigenvalue weighted by atomic mass is 10.1. The number of amides is 1. The zero-order valence-electron chi connectivity index (χ0n) is 12.4. The van der Waals surface area contributed by atoms with Crippen LogP contribution in [0.5, 0.6) is 5.75 Å². The molecule has 2 rings (SSSR count). The van der Waals surface area contributed by atoms with Crippen molar-refractivity contribution in [1.29, 1.82) is 0 Å². The van der Waals surface area contributed by atoms with E-state index in [0.29, 0.717) is 6.04 Å². The molecule has 4 heteroatoms. The van der Waals surface area contributed by atoms with Crippen LogP contribution in [0.15, 0.2) is 18.2 Å². The van der Waals surface area contributed by atoms with Gasteiger partial charge >= 0.3 is 0 Å². The zero-order valence-corrected chi connectivity index (χ0v) is 12.4. The number of fused-ring (bicyclic) bond motifs is 1. The molecule has 1 aliphatic rings. The SMILES string of the molecule is C#CCNC(=O)COc1ccc2c(c1)CCC2NCCC. The summed E-state index contributed by atoms with van der Waals surface area (Å²) in [5.74, 6) is 2.90. The van der Waals surface area contributed by atoms with Gasteiger partial charge in [0.25, 0.3) is 5.91 Å². The third kappa shape index (κ3) is 4.24. The van der Waals surface area contributed by atoms with Crippen molar-refractivity contribution >= 4 is 5.91 Å². The number of carbonyl (C=O) groups excluding carboxylic acids is 1. The normalized spacial score (nSPS) is 16.1. The highest BCUT2D eigenvalue weighted by atomic mass is 16.5. The lowest BCUT2D eigenvalue weighted by Gasteiger charge is -2.14. The monoisotopic (exact) mass is 286 g/mol. The molecule has 4 nitrogen and oxygen atoms in total. The zero-order chi connectivity index (χ0) is 15.1. The number of terminal acetylenes is 1. The van der Waals surface area contributed by atoms with E-state index in [4.69, 9.17) is 11.2 Å². The Hall–Kier alpha value is -1.99. The van der Waals surface area contributed by atoms with E-state index in [9.17, 15) is 4.79 Å². The molecule has 21 heavy (non-hydrogen) atoms. The quantitative estimate of drug-likeness (QED) is 0.752. The van der Waals surface area contributed by atoms with Crippen molar-refractivity contribution in [3.8, 4) is 18.1 Å². The predicted octanol–water partition coefficient (Wildman–Crippen LogP) is 1.80. The van der Waals surface area contributed by atoms with E-state index in [1.807, 2.05) is 12.1 Å². The van der Waals surface area contributed by atoms with Gasteiger partial charge in [-0.3, -0.25) is 4.79 Å². The second-order valence-corrected chi connectivity index (χ2v) is 5.18. The maximum atomic E-state index is 11.4. The van der Waals surface area contributed by atoms with Gasteiger partial charge in [0.2, 0.25) is 0 Å². The average Bonchev–Trinajstić information content (AvgIpc) is 2.91. The molecule has 1 aromatic rings. The number of aryl methyl sites for hydroxylation is 1. The Labute approximate surface area is 126 Å². The fourth-order valence-corrected chi connectivity index (χ4v) is 2.56. The first-order valence-corrected chi connectivity index (χ1v) is 7.43. The van der Waals surface area contributed by atoms with Crippen LogP contribution in [0.2, 0.25) is 0 Å². The highest BCUT2D eigenvalue weighted by Crippen LogP contribution is 2.33. The first-order chi connectivity index (χ1) is 10.2. The smallest absolute Gasteiger partial charge is 0.258 e. The number of hydrogen-bond donors (Lipinski definition) is 2. The van der Waals surface area contributed by atoms with Gasteiger partial charge in [-0.2, -0.15) is 0 Å². The minimum Gasteiger partial charge on any atom is -0.484 e. The summed E-state index contributed by atoms with van der Waals surface area (Å²) < 4.78 is 5.51. The second kappa shape index (κ2) is 7.70. The Balaban J connectivity index is 1.90. The summed E-state index contributed by atoms with van der Waals surface area (Å²) in [5.41, 5.74) is 2.66. The molecule has 1 aliphatic carbocycles. The number of nitrogens with one attached hydrogen (secondary N) is 2. The van der Waals surface area contributed by atoms with Crippen LogP contribution in [0.1, 0.15) is 36.9 Å². The van der Waals surface area contributed by atoms with Gasteiger partial charge in [-0.1, -0.05) is 18.9 Å². The molecule has 0 saturated carbocycles. The summed E-state index contributed by atoms with van der Waals surface area (Å²) in [6.07, 6.45) is 8.40. The van der Waals surface area contributed by atoms with Gasteiger partial charge in [-0.25, -0.2) is 0 Å². The van der Waals surface area contributed by atoms with Crippen LogP contribution in [0.4, 0.5) is 0 Å². The third-order valence-electron chi connectivity index (χ3n) is 3.59. The first kappa shape index (κ1) is 15.4. The van der Waals surface area contributed by atoms with Gasteiger partial charge in [0.15, 0.2) is 6.61 Å². The molecular weight excluding hydrogens is 264 g/mol. The Morgan fingerprint density at radius 1 is 1.52 bits per heavy atom. The van der Waals surface area contributed by atoms with Crippen molar-refractivity contribution in [2.24, 2.45) is 0 Å². The van der Waals surface area contributed by atoms with Crippen molar-refractivity contribution < 1.29 is 9.53 Å². The molecule has 1 aromatic carbocycles. The first-order valence-electron chi connectivity index (χ1n) is 7.43. The van der Waals surface area contributed by atoms with E-state index < -0.39 is 0 Å². The standard InChI is InChI=1S/C17H22N2O2/c1-3-9-18-16-8-5-13-11-14(6-7-15(13)16)21-12-17(20)19-10-4-2/h2,6-7,11,16,18H,3,5,8-10,12H2,1H3,(H,19,20). The van der Waals surface area contributed by atoms with E-state index in [0.717, 1.165) is 31.6 Å². The highest BCUT2D eigenvalue weighted by Gasteiger charge is 2.22. The van der Waals surface area contributed by atoms with E-state index >= 15 is 0 Å². The third-order valence-corrected chi connectivity index (χ3v) is 3.59. The fraction of sp³-hybridized carbons (Fsp3) is 0.471. The van der Waals surface area contributed by atoms with Crippen LogP contribution < -0.4 is 15.4 Å². The van der Waals surface area contributed by atoms with Crippen molar-refractivity contribution in [3.05, 3.63) is 29.3 Å². The minimum absolute atomic E-state index is 0.00200. The van der Waals surface area contributed by atoms with Crippen LogP contribution in [0.3, 0.4) is 0 Å². The number of rotatable bonds is 7. The van der Waals surface area contributed by atoms with Crippen LogP contribution in [-0.2, 0) is 11.2 Å². The predicted molar refractivity (Wildman–Crippen MR) is 83.1 cm³/mol.